The summed E-state index contributed by atoms with van der Waals surface area (Å²) in [6, 6.07) is 20.0. The highest BCUT2D eigenvalue weighted by Crippen LogP contribution is 2.26. The Balaban J connectivity index is 1.38. The van der Waals surface area contributed by atoms with Gasteiger partial charge >= 0.3 is 6.03 Å². The number of fused-ring (bicyclic) bond motifs is 1. The summed E-state index contributed by atoms with van der Waals surface area (Å²) in [6.45, 7) is 1.09. The van der Waals surface area contributed by atoms with Crippen LogP contribution in [0, 0.1) is 5.92 Å². The number of phenols is 1. The molecule has 0 saturated carbocycles. The summed E-state index contributed by atoms with van der Waals surface area (Å²) in [6.07, 6.45) is 1.28. The van der Waals surface area contributed by atoms with Crippen LogP contribution in [0.3, 0.4) is 0 Å². The maximum atomic E-state index is 12.7. The van der Waals surface area contributed by atoms with Crippen LogP contribution in [-0.2, 0) is 0 Å². The van der Waals surface area contributed by atoms with Crippen LogP contribution < -0.4 is 5.32 Å². The summed E-state index contributed by atoms with van der Waals surface area (Å²) in [5.41, 5.74) is 1.40. The van der Waals surface area contributed by atoms with Gasteiger partial charge in [-0.3, -0.25) is 4.79 Å². The number of Topliss-reactive ketones (excluding diaryl/α,β-unsaturated/α-hetero) is 1. The number of hydrogen-bond acceptors (Lipinski definition) is 3. The highest BCUT2D eigenvalue weighted by atomic mass is 16.3. The molecular weight excluding hydrogens is 352 g/mol. The van der Waals surface area contributed by atoms with Crippen molar-refractivity contribution in [2.75, 3.05) is 18.4 Å². The fourth-order valence-electron chi connectivity index (χ4n) is 3.73. The van der Waals surface area contributed by atoms with Gasteiger partial charge < -0.3 is 15.3 Å². The predicted octanol–water partition coefficient (Wildman–Crippen LogP) is 4.67. The summed E-state index contributed by atoms with van der Waals surface area (Å²) in [5, 5.41) is 14.5. The Morgan fingerprint density at radius 2 is 1.57 bits per heavy atom. The molecule has 1 saturated heterocycles. The minimum Gasteiger partial charge on any atom is -0.508 e. The molecule has 3 aromatic rings. The van der Waals surface area contributed by atoms with E-state index in [1.54, 1.807) is 17.0 Å². The first kappa shape index (κ1) is 18.0. The molecule has 2 N–H and O–H groups in total. The summed E-state index contributed by atoms with van der Waals surface area (Å²) in [5.74, 6) is 0.136. The van der Waals surface area contributed by atoms with Crippen LogP contribution >= 0.6 is 0 Å². The molecule has 1 heterocycles. The Morgan fingerprint density at radius 1 is 0.893 bits per heavy atom. The minimum atomic E-state index is -0.133. The van der Waals surface area contributed by atoms with E-state index in [2.05, 4.69) is 5.32 Å². The van der Waals surface area contributed by atoms with E-state index in [9.17, 15) is 14.7 Å². The molecule has 1 aliphatic heterocycles. The zero-order valence-electron chi connectivity index (χ0n) is 15.5. The van der Waals surface area contributed by atoms with Gasteiger partial charge in [0.15, 0.2) is 5.78 Å². The second-order valence-corrected chi connectivity index (χ2v) is 7.13. The Labute approximate surface area is 163 Å². The molecule has 142 valence electrons. The number of nitrogens with one attached hydrogen (secondary N) is 1. The standard InChI is InChI=1S/C23H22N2O3/c26-19-10-8-17(9-11-19)22(27)18-12-14-25(15-13-18)23(28)24-21-7-3-5-16-4-1-2-6-20(16)21/h1-11,18,26H,12-15H2,(H,24,28). The van der Waals surface area contributed by atoms with Gasteiger partial charge in [0.25, 0.3) is 0 Å². The number of likely N-dealkylation sites (tertiary alicyclic amines) is 1. The maximum absolute atomic E-state index is 12.7. The molecule has 0 radical (unpaired) electrons. The number of urea groups is 1. The molecule has 0 aromatic heterocycles. The molecule has 5 nitrogen and oxygen atoms in total. The van der Waals surface area contributed by atoms with Crippen LogP contribution in [-0.4, -0.2) is 34.9 Å². The minimum absolute atomic E-state index is 0.0779. The van der Waals surface area contributed by atoms with Crippen LogP contribution in [0.5, 0.6) is 5.75 Å². The molecule has 0 bridgehead atoms. The zero-order chi connectivity index (χ0) is 19.5. The van der Waals surface area contributed by atoms with Crippen LogP contribution in [0.4, 0.5) is 10.5 Å². The van der Waals surface area contributed by atoms with E-state index in [4.69, 9.17) is 0 Å². The SMILES string of the molecule is O=C(c1ccc(O)cc1)C1CCN(C(=O)Nc2cccc3ccccc23)CC1. The van der Waals surface area contributed by atoms with Gasteiger partial charge in [-0.25, -0.2) is 4.79 Å². The quantitative estimate of drug-likeness (QED) is 0.655. The van der Waals surface area contributed by atoms with Gasteiger partial charge in [0.1, 0.15) is 5.75 Å². The normalized spacial score (nSPS) is 14.8. The van der Waals surface area contributed by atoms with Crippen molar-refractivity contribution in [1.29, 1.82) is 0 Å². The van der Waals surface area contributed by atoms with Crippen LogP contribution in [0.1, 0.15) is 23.2 Å². The third-order valence-corrected chi connectivity index (χ3v) is 5.34. The van der Waals surface area contributed by atoms with E-state index in [1.165, 1.54) is 12.1 Å². The molecule has 1 aliphatic rings. The number of carbonyl (C=O) groups excluding carboxylic acids is 2. The number of ketones is 1. The third-order valence-electron chi connectivity index (χ3n) is 5.34. The number of hydrogen-bond donors (Lipinski definition) is 2. The molecule has 5 heteroatoms. The predicted molar refractivity (Wildman–Crippen MR) is 110 cm³/mol. The van der Waals surface area contributed by atoms with Gasteiger partial charge in [0.05, 0.1) is 5.69 Å². The molecule has 28 heavy (non-hydrogen) atoms. The van der Waals surface area contributed by atoms with E-state index in [0.717, 1.165) is 16.5 Å². The van der Waals surface area contributed by atoms with Gasteiger partial charge in [-0.05, 0) is 48.6 Å². The number of phenolic OH excluding ortho intramolecular Hbond substituents is 1. The van der Waals surface area contributed by atoms with E-state index < -0.39 is 0 Å². The number of piperidine rings is 1. The van der Waals surface area contributed by atoms with Crippen molar-refractivity contribution in [1.82, 2.24) is 4.90 Å². The van der Waals surface area contributed by atoms with Crippen LogP contribution in [0.25, 0.3) is 10.8 Å². The zero-order valence-corrected chi connectivity index (χ0v) is 15.5. The van der Waals surface area contributed by atoms with E-state index in [1.807, 2.05) is 42.5 Å². The molecule has 0 atom stereocenters. The average molecular weight is 374 g/mol. The third kappa shape index (κ3) is 3.69. The number of anilines is 1. The van der Waals surface area contributed by atoms with Crippen LogP contribution in [0.2, 0.25) is 0 Å². The lowest BCUT2D eigenvalue weighted by atomic mass is 9.89. The van der Waals surface area contributed by atoms with Gasteiger partial charge in [0, 0.05) is 30.0 Å². The van der Waals surface area contributed by atoms with Gasteiger partial charge in [-0.1, -0.05) is 36.4 Å². The maximum Gasteiger partial charge on any atom is 0.321 e. The Bertz CT molecular complexity index is 1000. The number of rotatable bonds is 3. The molecule has 2 amide bonds. The largest absolute Gasteiger partial charge is 0.508 e. The Kier molecular flexibility index (Phi) is 4.98. The molecule has 1 fully saturated rings. The summed E-state index contributed by atoms with van der Waals surface area (Å²) in [4.78, 5) is 27.1. The van der Waals surface area contributed by atoms with Crippen LogP contribution in [0.15, 0.2) is 66.7 Å². The first-order valence-electron chi connectivity index (χ1n) is 9.49. The Hall–Kier alpha value is -3.34. The highest BCUT2D eigenvalue weighted by molar-refractivity contribution is 6.02. The number of nitrogens with zero attached hydrogens (tertiary/aromatic N) is 1. The van der Waals surface area contributed by atoms with Gasteiger partial charge in [-0.2, -0.15) is 0 Å². The fourth-order valence-corrected chi connectivity index (χ4v) is 3.73. The van der Waals surface area contributed by atoms with E-state index >= 15 is 0 Å². The lowest BCUT2D eigenvalue weighted by Gasteiger charge is -2.31. The van der Waals surface area contributed by atoms with Crippen molar-refractivity contribution < 1.29 is 14.7 Å². The second kappa shape index (κ2) is 7.72. The molecule has 0 spiro atoms. The van der Waals surface area contributed by atoms with Gasteiger partial charge in [0.2, 0.25) is 0 Å². The molecule has 0 unspecified atom stereocenters. The average Bonchev–Trinajstić information content (AvgIpc) is 2.74. The monoisotopic (exact) mass is 374 g/mol. The van der Waals surface area contributed by atoms with Crippen molar-refractivity contribution in [3.05, 3.63) is 72.3 Å². The molecule has 3 aromatic carbocycles. The fraction of sp³-hybridized carbons (Fsp3) is 0.217. The second-order valence-electron chi connectivity index (χ2n) is 7.13. The van der Waals surface area contributed by atoms with E-state index in [0.29, 0.717) is 31.5 Å². The number of carbonyl (C=O) groups is 2. The summed E-state index contributed by atoms with van der Waals surface area (Å²) < 4.78 is 0. The number of aromatic hydroxyl groups is 1. The first-order chi connectivity index (χ1) is 13.6. The lowest BCUT2D eigenvalue weighted by Crippen LogP contribution is -2.42. The van der Waals surface area contributed by atoms with Crippen molar-refractivity contribution in [2.45, 2.75) is 12.8 Å². The smallest absolute Gasteiger partial charge is 0.321 e. The van der Waals surface area contributed by atoms with Crippen molar-refractivity contribution >= 4 is 28.3 Å². The van der Waals surface area contributed by atoms with Crippen molar-refractivity contribution in [3.8, 4) is 5.75 Å². The first-order valence-corrected chi connectivity index (χ1v) is 9.49. The molecule has 0 aliphatic carbocycles. The van der Waals surface area contributed by atoms with E-state index in [-0.39, 0.29) is 23.5 Å². The van der Waals surface area contributed by atoms with Crippen molar-refractivity contribution in [3.63, 3.8) is 0 Å². The lowest BCUT2D eigenvalue weighted by molar-refractivity contribution is 0.0859. The molecule has 4 rings (SSSR count). The number of benzene rings is 3. The number of amides is 2. The Morgan fingerprint density at radius 3 is 2.32 bits per heavy atom. The van der Waals surface area contributed by atoms with Gasteiger partial charge in [-0.15, -0.1) is 0 Å². The van der Waals surface area contributed by atoms with Crippen molar-refractivity contribution in [2.24, 2.45) is 5.92 Å². The summed E-state index contributed by atoms with van der Waals surface area (Å²) >= 11 is 0. The topological polar surface area (TPSA) is 69.6 Å². The molecular formula is C23H22N2O3. The summed E-state index contributed by atoms with van der Waals surface area (Å²) in [7, 11) is 0. The highest BCUT2D eigenvalue weighted by Gasteiger charge is 2.28.